The number of benzene rings is 1. The summed E-state index contributed by atoms with van der Waals surface area (Å²) in [5, 5.41) is 17.0. The molecule has 1 saturated heterocycles. The van der Waals surface area contributed by atoms with Crippen LogP contribution < -0.4 is 15.4 Å². The molecule has 0 aliphatic carbocycles. The van der Waals surface area contributed by atoms with E-state index in [1.165, 1.54) is 12.1 Å². The van der Waals surface area contributed by atoms with Gasteiger partial charge in [-0.3, -0.25) is 14.9 Å². The van der Waals surface area contributed by atoms with Gasteiger partial charge in [0.1, 0.15) is 6.10 Å². The van der Waals surface area contributed by atoms with Crippen LogP contribution in [-0.4, -0.2) is 36.6 Å². The largest absolute Gasteiger partial charge is 0.483 e. The van der Waals surface area contributed by atoms with E-state index < -0.39 is 4.92 Å². The molecule has 0 saturated carbocycles. The lowest BCUT2D eigenvalue weighted by Gasteiger charge is -2.23. The fourth-order valence-electron chi connectivity index (χ4n) is 2.26. The summed E-state index contributed by atoms with van der Waals surface area (Å²) in [5.74, 6) is -0.103. The zero-order chi connectivity index (χ0) is 15.2. The Morgan fingerprint density at radius 2 is 2.19 bits per heavy atom. The number of nitro groups is 1. The highest BCUT2D eigenvalue weighted by molar-refractivity contribution is 5.95. The Kier molecular flexibility index (Phi) is 5.10. The molecule has 7 nitrogen and oxygen atoms in total. The van der Waals surface area contributed by atoms with E-state index in [9.17, 15) is 14.9 Å². The number of nitro benzene ring substituents is 1. The first-order valence-electron chi connectivity index (χ1n) is 7.06. The number of ether oxygens (including phenoxy) is 1. The number of piperidine rings is 1. The molecular formula is C14H19N3O4. The fraction of sp³-hybridized carbons (Fsp3) is 0.500. The standard InChI is InChI=1S/C14H19N3O4/c1-2-16-14(18)10-3-4-13(12(9-10)17(19)20)21-11-5-7-15-8-6-11/h3-4,9,11,15H,2,5-8H2,1H3,(H,16,18). The minimum absolute atomic E-state index is 0.0275. The molecule has 1 aliphatic rings. The predicted octanol–water partition coefficient (Wildman–Crippen LogP) is 1.48. The van der Waals surface area contributed by atoms with Crippen LogP contribution in [0.4, 0.5) is 5.69 Å². The topological polar surface area (TPSA) is 93.5 Å². The molecule has 7 heteroatoms. The van der Waals surface area contributed by atoms with Crippen molar-refractivity contribution in [3.05, 3.63) is 33.9 Å². The predicted molar refractivity (Wildman–Crippen MR) is 77.6 cm³/mol. The summed E-state index contributed by atoms with van der Waals surface area (Å²) in [6, 6.07) is 4.32. The van der Waals surface area contributed by atoms with E-state index in [2.05, 4.69) is 10.6 Å². The van der Waals surface area contributed by atoms with Gasteiger partial charge in [-0.25, -0.2) is 0 Å². The van der Waals surface area contributed by atoms with Crippen molar-refractivity contribution in [1.29, 1.82) is 0 Å². The average Bonchev–Trinajstić information content (AvgIpc) is 2.48. The minimum Gasteiger partial charge on any atom is -0.483 e. The summed E-state index contributed by atoms with van der Waals surface area (Å²) >= 11 is 0. The van der Waals surface area contributed by atoms with Gasteiger partial charge in [-0.2, -0.15) is 0 Å². The van der Waals surface area contributed by atoms with E-state index in [1.54, 1.807) is 13.0 Å². The number of nitrogens with one attached hydrogen (secondary N) is 2. The van der Waals surface area contributed by atoms with Gasteiger partial charge in [0, 0.05) is 18.2 Å². The number of rotatable bonds is 5. The molecule has 1 aromatic carbocycles. The van der Waals surface area contributed by atoms with E-state index in [1.807, 2.05) is 0 Å². The third-order valence-electron chi connectivity index (χ3n) is 3.33. The summed E-state index contributed by atoms with van der Waals surface area (Å²) in [4.78, 5) is 22.4. The highest BCUT2D eigenvalue weighted by atomic mass is 16.6. The third kappa shape index (κ3) is 3.91. The zero-order valence-corrected chi connectivity index (χ0v) is 11.9. The molecule has 1 fully saturated rings. The van der Waals surface area contributed by atoms with Gasteiger partial charge in [0.05, 0.1) is 4.92 Å². The molecule has 2 rings (SSSR count). The SMILES string of the molecule is CCNC(=O)c1ccc(OC2CCNCC2)c([N+](=O)[O-])c1. The Hall–Kier alpha value is -2.15. The summed E-state index contributed by atoms with van der Waals surface area (Å²) in [7, 11) is 0. The number of nitrogens with zero attached hydrogens (tertiary/aromatic N) is 1. The Balaban J connectivity index is 2.20. The molecule has 2 N–H and O–H groups in total. The maximum absolute atomic E-state index is 11.7. The molecular weight excluding hydrogens is 274 g/mol. The van der Waals surface area contributed by atoms with Crippen molar-refractivity contribution in [2.75, 3.05) is 19.6 Å². The average molecular weight is 293 g/mol. The molecule has 0 atom stereocenters. The maximum Gasteiger partial charge on any atom is 0.311 e. The van der Waals surface area contributed by atoms with Gasteiger partial charge >= 0.3 is 5.69 Å². The molecule has 21 heavy (non-hydrogen) atoms. The van der Waals surface area contributed by atoms with E-state index >= 15 is 0 Å². The van der Waals surface area contributed by atoms with Gasteiger partial charge in [-0.15, -0.1) is 0 Å². The molecule has 0 radical (unpaired) electrons. The second kappa shape index (κ2) is 7.03. The lowest BCUT2D eigenvalue weighted by molar-refractivity contribution is -0.386. The molecule has 1 amide bonds. The van der Waals surface area contributed by atoms with Gasteiger partial charge in [0.15, 0.2) is 5.75 Å². The molecule has 114 valence electrons. The molecule has 0 unspecified atom stereocenters. The van der Waals surface area contributed by atoms with E-state index in [-0.39, 0.29) is 29.0 Å². The third-order valence-corrected chi connectivity index (χ3v) is 3.33. The summed E-state index contributed by atoms with van der Waals surface area (Å²) < 4.78 is 5.73. The highest BCUT2D eigenvalue weighted by Gasteiger charge is 2.22. The number of carbonyl (C=O) groups excluding carboxylic acids is 1. The van der Waals surface area contributed by atoms with E-state index in [0.717, 1.165) is 25.9 Å². The van der Waals surface area contributed by atoms with Crippen LogP contribution in [0.2, 0.25) is 0 Å². The van der Waals surface area contributed by atoms with Crippen molar-refractivity contribution in [3.8, 4) is 5.75 Å². The number of amides is 1. The Labute approximate surface area is 122 Å². The molecule has 1 heterocycles. The van der Waals surface area contributed by atoms with Crippen molar-refractivity contribution in [1.82, 2.24) is 10.6 Å². The summed E-state index contributed by atoms with van der Waals surface area (Å²) in [6.07, 6.45) is 1.60. The summed E-state index contributed by atoms with van der Waals surface area (Å²) in [6.45, 7) is 3.95. The van der Waals surface area contributed by atoms with Crippen LogP contribution in [-0.2, 0) is 0 Å². The Morgan fingerprint density at radius 1 is 1.48 bits per heavy atom. The van der Waals surface area contributed by atoms with E-state index in [0.29, 0.717) is 6.54 Å². The second-order valence-electron chi connectivity index (χ2n) is 4.87. The van der Waals surface area contributed by atoms with Crippen LogP contribution in [0.25, 0.3) is 0 Å². The van der Waals surface area contributed by atoms with Crippen LogP contribution >= 0.6 is 0 Å². The fourth-order valence-corrected chi connectivity index (χ4v) is 2.26. The van der Waals surface area contributed by atoms with Gasteiger partial charge in [0.2, 0.25) is 0 Å². The van der Waals surface area contributed by atoms with Crippen LogP contribution in [0.5, 0.6) is 5.75 Å². The smallest absolute Gasteiger partial charge is 0.311 e. The number of carbonyl (C=O) groups is 1. The Bertz CT molecular complexity index is 527. The van der Waals surface area contributed by atoms with Crippen LogP contribution in [0, 0.1) is 10.1 Å². The van der Waals surface area contributed by atoms with E-state index in [4.69, 9.17) is 4.74 Å². The van der Waals surface area contributed by atoms with Gasteiger partial charge in [0.25, 0.3) is 5.91 Å². The lowest BCUT2D eigenvalue weighted by Crippen LogP contribution is -2.34. The van der Waals surface area contributed by atoms with Gasteiger partial charge in [-0.05, 0) is 45.0 Å². The monoisotopic (exact) mass is 293 g/mol. The normalized spacial score (nSPS) is 15.5. The van der Waals surface area contributed by atoms with Crippen molar-refractivity contribution in [2.24, 2.45) is 0 Å². The summed E-state index contributed by atoms with van der Waals surface area (Å²) in [5.41, 5.74) is 0.0958. The highest BCUT2D eigenvalue weighted by Crippen LogP contribution is 2.30. The quantitative estimate of drug-likeness (QED) is 0.633. The van der Waals surface area contributed by atoms with Crippen molar-refractivity contribution in [3.63, 3.8) is 0 Å². The zero-order valence-electron chi connectivity index (χ0n) is 11.9. The minimum atomic E-state index is -0.515. The molecule has 0 aromatic heterocycles. The molecule has 0 bridgehead atoms. The molecule has 1 aliphatic heterocycles. The molecule has 0 spiro atoms. The van der Waals surface area contributed by atoms with Crippen molar-refractivity contribution < 1.29 is 14.5 Å². The first-order valence-corrected chi connectivity index (χ1v) is 7.06. The van der Waals surface area contributed by atoms with Gasteiger partial charge < -0.3 is 15.4 Å². The first-order chi connectivity index (χ1) is 10.1. The lowest BCUT2D eigenvalue weighted by atomic mass is 10.1. The maximum atomic E-state index is 11.7. The van der Waals surface area contributed by atoms with Gasteiger partial charge in [-0.1, -0.05) is 0 Å². The van der Waals surface area contributed by atoms with Crippen LogP contribution in [0.3, 0.4) is 0 Å². The number of hydrogen-bond donors (Lipinski definition) is 2. The van der Waals surface area contributed by atoms with Crippen molar-refractivity contribution >= 4 is 11.6 Å². The second-order valence-corrected chi connectivity index (χ2v) is 4.87. The first kappa shape index (κ1) is 15.2. The Morgan fingerprint density at radius 3 is 2.81 bits per heavy atom. The molecule has 1 aromatic rings. The van der Waals surface area contributed by atoms with Crippen LogP contribution in [0.1, 0.15) is 30.1 Å². The van der Waals surface area contributed by atoms with Crippen LogP contribution in [0.15, 0.2) is 18.2 Å². The van der Waals surface area contributed by atoms with Crippen molar-refractivity contribution in [2.45, 2.75) is 25.9 Å². The number of hydrogen-bond acceptors (Lipinski definition) is 5.